The molecule has 4 aliphatic heterocycles. The summed E-state index contributed by atoms with van der Waals surface area (Å²) >= 11 is 4.48. The fourth-order valence-corrected chi connectivity index (χ4v) is 12.4. The Bertz CT molecular complexity index is 2690. The zero-order valence-corrected chi connectivity index (χ0v) is 31.1. The molecule has 0 radical (unpaired) electrons. The molecule has 6 aromatic carbocycles. The van der Waals surface area contributed by atoms with Crippen LogP contribution in [0.4, 0.5) is 0 Å². The second-order valence-electron chi connectivity index (χ2n) is 15.4. The Hall–Kier alpha value is -5.59. The average Bonchev–Trinajstić information content (AvgIpc) is 3.81. The maximum absolute atomic E-state index is 15.6. The van der Waals surface area contributed by atoms with Gasteiger partial charge in [0, 0.05) is 16.7 Å². The molecule has 4 bridgehead atoms. The number of hydrogen-bond donors (Lipinski definition) is 0. The van der Waals surface area contributed by atoms with Gasteiger partial charge in [0.25, 0.3) is 5.79 Å². The van der Waals surface area contributed by atoms with Crippen molar-refractivity contribution in [3.8, 4) is 0 Å². The number of carbonyl (C=O) groups excluding carboxylic acids is 1. The normalized spacial score (nSPS) is 32.8. The average molecular weight is 778 g/mol. The van der Waals surface area contributed by atoms with Gasteiger partial charge in [0.05, 0.1) is 11.8 Å². The van der Waals surface area contributed by atoms with E-state index in [4.69, 9.17) is 14.2 Å². The molecule has 5 heteroatoms. The van der Waals surface area contributed by atoms with Crippen molar-refractivity contribution in [2.75, 3.05) is 0 Å². The molecule has 0 aromatic heterocycles. The molecule has 2 saturated heterocycles. The van der Waals surface area contributed by atoms with Crippen molar-refractivity contribution in [3.05, 3.63) is 249 Å². The number of hydrogen-bond acceptors (Lipinski definition) is 4. The van der Waals surface area contributed by atoms with Gasteiger partial charge < -0.3 is 14.2 Å². The van der Waals surface area contributed by atoms with E-state index in [0.29, 0.717) is 5.57 Å². The summed E-state index contributed by atoms with van der Waals surface area (Å²) in [5.74, 6) is -1.49. The molecule has 55 heavy (non-hydrogen) atoms. The Labute approximate surface area is 327 Å². The minimum atomic E-state index is -1.24. The monoisotopic (exact) mass is 776 g/mol. The Morgan fingerprint density at radius 3 is 1.62 bits per heavy atom. The molecule has 0 N–H and O–H groups in total. The second-order valence-corrected chi connectivity index (χ2v) is 16.6. The van der Waals surface area contributed by atoms with Gasteiger partial charge in [-0.3, -0.25) is 4.79 Å². The van der Waals surface area contributed by atoms with Crippen LogP contribution in [0.1, 0.15) is 44.5 Å². The first kappa shape index (κ1) is 31.7. The van der Waals surface area contributed by atoms with Gasteiger partial charge in [0.15, 0.2) is 5.78 Å². The molecule has 0 unspecified atom stereocenters. The molecular formula is C50H33BrO4. The molecule has 0 saturated carbocycles. The maximum atomic E-state index is 15.6. The lowest BCUT2D eigenvalue weighted by molar-refractivity contribution is -0.277. The van der Waals surface area contributed by atoms with Crippen molar-refractivity contribution in [2.24, 2.45) is 11.8 Å². The number of Topliss-reactive ketones (excluding diaryl/α,β-unsaturated/α-hetero) is 1. The second kappa shape index (κ2) is 10.8. The molecular weight excluding hydrogens is 744 g/mol. The summed E-state index contributed by atoms with van der Waals surface area (Å²) in [6, 6.07) is 58.2. The molecule has 6 aliphatic rings. The van der Waals surface area contributed by atoms with Gasteiger partial charge in [-0.25, -0.2) is 0 Å². The van der Waals surface area contributed by atoms with Gasteiger partial charge >= 0.3 is 0 Å². The third-order valence-electron chi connectivity index (χ3n) is 13.0. The quantitative estimate of drug-likeness (QED) is 0.167. The fraction of sp³-hybridized carbons (Fsp3) is 0.140. The summed E-state index contributed by atoms with van der Waals surface area (Å²) in [6.07, 6.45) is 6.35. The van der Waals surface area contributed by atoms with E-state index in [1.165, 1.54) is 0 Å². The van der Waals surface area contributed by atoms with Gasteiger partial charge in [-0.05, 0) is 45.0 Å². The highest BCUT2D eigenvalue weighted by Crippen LogP contribution is 2.77. The summed E-state index contributed by atoms with van der Waals surface area (Å²) < 4.78 is 21.6. The molecule has 264 valence electrons. The first-order valence-corrected chi connectivity index (χ1v) is 19.7. The van der Waals surface area contributed by atoms with Crippen molar-refractivity contribution in [3.63, 3.8) is 0 Å². The van der Waals surface area contributed by atoms with Crippen molar-refractivity contribution in [1.29, 1.82) is 0 Å². The number of allylic oxidation sites excluding steroid dienone is 3. The van der Waals surface area contributed by atoms with Crippen LogP contribution in [0.3, 0.4) is 0 Å². The number of fused-ring (bicyclic) bond motifs is 16. The standard InChI is InChI=1S/C50H33BrO4/c51-48-42-31-43-41(46(32-17-5-1-6-18-32)38-26-14-16-28-40(38)50(53-43,55-46)35-23-11-4-12-24-35)30-29-36(42)44(52)45(48)47(33-19-7-2-8-20-33)37-25-13-15-27-39(37)49(48,54-47)34-21-9-3-10-22-34/h1-31,41,45H/t41-,45-,46+,47-,48+,49+,50-/m0/s1. The molecule has 2 aliphatic carbocycles. The molecule has 2 fully saturated rings. The zero-order valence-electron chi connectivity index (χ0n) is 29.6. The third-order valence-corrected chi connectivity index (χ3v) is 14.5. The lowest BCUT2D eigenvalue weighted by Crippen LogP contribution is -2.52. The summed E-state index contributed by atoms with van der Waals surface area (Å²) in [4.78, 5) is 15.6. The number of carbonyl (C=O) groups is 1. The van der Waals surface area contributed by atoms with Gasteiger partial charge in [-0.15, -0.1) is 0 Å². The highest BCUT2D eigenvalue weighted by molar-refractivity contribution is 9.10. The van der Waals surface area contributed by atoms with E-state index < -0.39 is 38.8 Å². The topological polar surface area (TPSA) is 44.8 Å². The Balaban J connectivity index is 1.16. The van der Waals surface area contributed by atoms with Gasteiger partial charge in [-0.2, -0.15) is 0 Å². The molecule has 4 heterocycles. The smallest absolute Gasteiger partial charge is 0.265 e. The van der Waals surface area contributed by atoms with Crippen LogP contribution in [0.2, 0.25) is 0 Å². The number of ether oxygens (including phenoxy) is 3. The van der Waals surface area contributed by atoms with Crippen LogP contribution >= 0.6 is 15.9 Å². The number of benzene rings is 6. The van der Waals surface area contributed by atoms with E-state index in [9.17, 15) is 0 Å². The largest absolute Gasteiger partial charge is 0.457 e. The van der Waals surface area contributed by atoms with E-state index in [1.807, 2.05) is 54.6 Å². The molecule has 0 spiro atoms. The number of ketones is 1. The van der Waals surface area contributed by atoms with Crippen LogP contribution in [0.25, 0.3) is 0 Å². The van der Waals surface area contributed by atoms with E-state index in [-0.39, 0.29) is 5.78 Å². The fourth-order valence-electron chi connectivity index (χ4n) is 11.0. The van der Waals surface area contributed by atoms with Crippen LogP contribution in [0.15, 0.2) is 205 Å². The van der Waals surface area contributed by atoms with Crippen LogP contribution in [-0.4, -0.2) is 10.1 Å². The predicted molar refractivity (Wildman–Crippen MR) is 213 cm³/mol. The van der Waals surface area contributed by atoms with Crippen LogP contribution in [-0.2, 0) is 41.6 Å². The Morgan fingerprint density at radius 1 is 0.509 bits per heavy atom. The number of alkyl halides is 1. The van der Waals surface area contributed by atoms with Crippen molar-refractivity contribution in [2.45, 2.75) is 26.9 Å². The van der Waals surface area contributed by atoms with Crippen molar-refractivity contribution in [1.82, 2.24) is 0 Å². The van der Waals surface area contributed by atoms with E-state index in [0.717, 1.165) is 55.8 Å². The van der Waals surface area contributed by atoms with Crippen LogP contribution in [0.5, 0.6) is 0 Å². The Kier molecular flexibility index (Phi) is 6.23. The molecule has 12 rings (SSSR count). The predicted octanol–water partition coefficient (Wildman–Crippen LogP) is 10.1. The summed E-state index contributed by atoms with van der Waals surface area (Å²) in [5, 5.41) is 0. The summed E-state index contributed by atoms with van der Waals surface area (Å²) in [5.41, 5.74) is 6.36. The minimum Gasteiger partial charge on any atom is -0.457 e. The molecule has 7 atom stereocenters. The minimum absolute atomic E-state index is 0.0350. The maximum Gasteiger partial charge on any atom is 0.265 e. The van der Waals surface area contributed by atoms with E-state index >= 15 is 4.79 Å². The summed E-state index contributed by atoms with van der Waals surface area (Å²) in [7, 11) is 0. The Morgan fingerprint density at radius 2 is 1.00 bits per heavy atom. The first-order valence-electron chi connectivity index (χ1n) is 18.9. The van der Waals surface area contributed by atoms with Gasteiger partial charge in [0.2, 0.25) is 0 Å². The number of rotatable bonds is 4. The van der Waals surface area contributed by atoms with Crippen molar-refractivity contribution < 1.29 is 19.0 Å². The van der Waals surface area contributed by atoms with E-state index in [1.54, 1.807) is 0 Å². The highest BCUT2D eigenvalue weighted by Gasteiger charge is 2.82. The lowest BCUT2D eigenvalue weighted by Gasteiger charge is -2.47. The third kappa shape index (κ3) is 3.55. The van der Waals surface area contributed by atoms with Crippen LogP contribution < -0.4 is 0 Å². The molecule has 4 nitrogen and oxygen atoms in total. The van der Waals surface area contributed by atoms with Crippen molar-refractivity contribution >= 4 is 21.7 Å². The zero-order chi connectivity index (χ0) is 36.6. The first-order chi connectivity index (χ1) is 27.0. The number of halogens is 1. The lowest BCUT2D eigenvalue weighted by atomic mass is 9.59. The molecule has 6 aromatic rings. The van der Waals surface area contributed by atoms with E-state index in [2.05, 4.69) is 149 Å². The summed E-state index contributed by atoms with van der Waals surface area (Å²) in [6.45, 7) is 0. The highest BCUT2D eigenvalue weighted by atomic mass is 79.9. The van der Waals surface area contributed by atoms with Gasteiger partial charge in [0.1, 0.15) is 26.9 Å². The SMILES string of the molecule is O=C1C2=C(C=C3O[C@@]4(c5ccccc5)O[C@](c5ccccc5)(c5ccccc54)[C@H]3C=C2)[C@@]2(Br)[C@@H]1[C@@]1(c3ccccc3)O[C@]2(c2ccccc2)c2ccccc21. The molecule has 0 amide bonds. The van der Waals surface area contributed by atoms with Gasteiger partial charge in [-0.1, -0.05) is 198 Å². The van der Waals surface area contributed by atoms with Crippen LogP contribution in [0, 0.1) is 11.8 Å².